The van der Waals surface area contributed by atoms with E-state index in [0.717, 1.165) is 16.9 Å². The molecule has 0 atom stereocenters. The Hall–Kier alpha value is -1.59. The number of aryl methyl sites for hydroxylation is 1. The van der Waals surface area contributed by atoms with Crippen LogP contribution >= 0.6 is 0 Å². The minimum Gasteiger partial charge on any atom is -0.377 e. The van der Waals surface area contributed by atoms with Gasteiger partial charge in [-0.15, -0.1) is 0 Å². The maximum Gasteiger partial charge on any atom is 0.224 e. The van der Waals surface area contributed by atoms with Crippen molar-refractivity contribution in [1.82, 2.24) is 0 Å². The van der Waals surface area contributed by atoms with E-state index < -0.39 is 5.79 Å². The summed E-state index contributed by atoms with van der Waals surface area (Å²) < 4.78 is 11.3. The molecule has 1 fully saturated rings. The molecule has 0 aromatic heterocycles. The first-order valence-electron chi connectivity index (χ1n) is 7.34. The zero-order valence-electron chi connectivity index (χ0n) is 13.2. The van der Waals surface area contributed by atoms with Crippen LogP contribution in [0, 0.1) is 6.92 Å². The topological polar surface area (TPSA) is 59.6 Å². The van der Waals surface area contributed by atoms with Gasteiger partial charge in [0.2, 0.25) is 5.91 Å². The SMILES string of the molecule is CCC(=O)Nc1ccc(C)c(NC2COC(C)(C)OC2)c1. The maximum absolute atomic E-state index is 11.5. The molecule has 0 bridgehead atoms. The van der Waals surface area contributed by atoms with Gasteiger partial charge >= 0.3 is 0 Å². The van der Waals surface area contributed by atoms with Gasteiger partial charge in [-0.25, -0.2) is 0 Å². The van der Waals surface area contributed by atoms with Crippen LogP contribution in [0.3, 0.4) is 0 Å². The van der Waals surface area contributed by atoms with E-state index in [1.165, 1.54) is 0 Å². The summed E-state index contributed by atoms with van der Waals surface area (Å²) in [5, 5.41) is 6.29. The van der Waals surface area contributed by atoms with Gasteiger partial charge in [-0.3, -0.25) is 4.79 Å². The molecule has 1 aliphatic rings. The highest BCUT2D eigenvalue weighted by molar-refractivity contribution is 5.91. The van der Waals surface area contributed by atoms with Gasteiger partial charge in [0, 0.05) is 17.8 Å². The Morgan fingerprint density at radius 3 is 2.62 bits per heavy atom. The largest absolute Gasteiger partial charge is 0.377 e. The van der Waals surface area contributed by atoms with Crippen LogP contribution in [0.4, 0.5) is 11.4 Å². The Labute approximate surface area is 126 Å². The number of nitrogens with one attached hydrogen (secondary N) is 2. The van der Waals surface area contributed by atoms with E-state index in [0.29, 0.717) is 19.6 Å². The van der Waals surface area contributed by atoms with Crippen LogP contribution < -0.4 is 10.6 Å². The molecule has 5 heteroatoms. The van der Waals surface area contributed by atoms with Gasteiger partial charge in [0.1, 0.15) is 0 Å². The van der Waals surface area contributed by atoms with E-state index >= 15 is 0 Å². The molecule has 21 heavy (non-hydrogen) atoms. The molecule has 1 amide bonds. The molecule has 2 rings (SSSR count). The smallest absolute Gasteiger partial charge is 0.224 e. The average molecular weight is 292 g/mol. The van der Waals surface area contributed by atoms with Crippen LogP contribution in [0.5, 0.6) is 0 Å². The second-order valence-corrected chi connectivity index (χ2v) is 5.79. The van der Waals surface area contributed by atoms with E-state index in [9.17, 15) is 4.79 Å². The summed E-state index contributed by atoms with van der Waals surface area (Å²) in [5.41, 5.74) is 2.91. The zero-order chi connectivity index (χ0) is 15.5. The van der Waals surface area contributed by atoms with Crippen molar-refractivity contribution in [1.29, 1.82) is 0 Å². The summed E-state index contributed by atoms with van der Waals surface area (Å²) >= 11 is 0. The monoisotopic (exact) mass is 292 g/mol. The number of anilines is 2. The number of ether oxygens (including phenoxy) is 2. The summed E-state index contributed by atoms with van der Waals surface area (Å²) in [6.07, 6.45) is 0.468. The number of carbonyl (C=O) groups is 1. The van der Waals surface area contributed by atoms with Crippen molar-refractivity contribution in [3.63, 3.8) is 0 Å². The van der Waals surface area contributed by atoms with E-state index in [1.54, 1.807) is 0 Å². The first-order valence-corrected chi connectivity index (χ1v) is 7.34. The number of hydrogen-bond donors (Lipinski definition) is 2. The van der Waals surface area contributed by atoms with Crippen molar-refractivity contribution in [2.75, 3.05) is 23.8 Å². The standard InChI is InChI=1S/C16H24N2O3/c1-5-15(19)18-12-7-6-11(2)14(8-12)17-13-9-20-16(3,4)21-10-13/h6-8,13,17H,5,9-10H2,1-4H3,(H,18,19). The van der Waals surface area contributed by atoms with E-state index in [2.05, 4.69) is 10.6 Å². The summed E-state index contributed by atoms with van der Waals surface area (Å²) in [5.74, 6) is -0.500. The Kier molecular flexibility index (Phi) is 4.85. The molecule has 1 aliphatic heterocycles. The highest BCUT2D eigenvalue weighted by atomic mass is 16.7. The third kappa shape index (κ3) is 4.44. The number of carbonyl (C=O) groups excluding carboxylic acids is 1. The summed E-state index contributed by atoms with van der Waals surface area (Å²) in [6, 6.07) is 5.95. The molecule has 1 aromatic rings. The molecule has 5 nitrogen and oxygen atoms in total. The Morgan fingerprint density at radius 2 is 2.00 bits per heavy atom. The Balaban J connectivity index is 2.02. The lowest BCUT2D eigenvalue weighted by molar-refractivity contribution is -0.247. The van der Waals surface area contributed by atoms with Crippen molar-refractivity contribution in [2.24, 2.45) is 0 Å². The van der Waals surface area contributed by atoms with Crippen LogP contribution in [0.25, 0.3) is 0 Å². The van der Waals surface area contributed by atoms with Crippen molar-refractivity contribution < 1.29 is 14.3 Å². The normalized spacial score (nSPS) is 18.3. The number of hydrogen-bond acceptors (Lipinski definition) is 4. The second kappa shape index (κ2) is 6.45. The van der Waals surface area contributed by atoms with Gasteiger partial charge in [0.05, 0.1) is 19.3 Å². The summed E-state index contributed by atoms with van der Waals surface area (Å²) in [7, 11) is 0. The Bertz CT molecular complexity index is 504. The highest BCUT2D eigenvalue weighted by Crippen LogP contribution is 2.24. The van der Waals surface area contributed by atoms with Gasteiger partial charge in [-0.05, 0) is 38.5 Å². The predicted molar refractivity (Wildman–Crippen MR) is 83.5 cm³/mol. The van der Waals surface area contributed by atoms with Crippen LogP contribution in [-0.4, -0.2) is 30.9 Å². The lowest BCUT2D eigenvalue weighted by atomic mass is 10.1. The van der Waals surface area contributed by atoms with Gasteiger partial charge in [-0.1, -0.05) is 13.0 Å². The number of benzene rings is 1. The van der Waals surface area contributed by atoms with Crippen LogP contribution in [0.15, 0.2) is 18.2 Å². The van der Waals surface area contributed by atoms with Crippen LogP contribution in [-0.2, 0) is 14.3 Å². The van der Waals surface area contributed by atoms with Crippen molar-refractivity contribution in [2.45, 2.75) is 45.9 Å². The molecular weight excluding hydrogens is 268 g/mol. The fourth-order valence-corrected chi connectivity index (χ4v) is 2.10. The number of rotatable bonds is 4. The molecule has 116 valence electrons. The molecule has 0 aliphatic carbocycles. The second-order valence-electron chi connectivity index (χ2n) is 5.79. The van der Waals surface area contributed by atoms with E-state index in [4.69, 9.17) is 9.47 Å². The summed E-state index contributed by atoms with van der Waals surface area (Å²) in [4.78, 5) is 11.5. The predicted octanol–water partition coefficient (Wildman–Crippen LogP) is 2.91. The molecule has 0 spiro atoms. The zero-order valence-corrected chi connectivity index (χ0v) is 13.2. The van der Waals surface area contributed by atoms with Gasteiger partial charge in [0.25, 0.3) is 0 Å². The third-order valence-corrected chi connectivity index (χ3v) is 3.47. The summed E-state index contributed by atoms with van der Waals surface area (Å²) in [6.45, 7) is 8.88. The van der Waals surface area contributed by atoms with Gasteiger partial charge in [0.15, 0.2) is 5.79 Å². The lowest BCUT2D eigenvalue weighted by Gasteiger charge is -2.35. The quantitative estimate of drug-likeness (QED) is 0.896. The molecular formula is C16H24N2O3. The van der Waals surface area contributed by atoms with Crippen molar-refractivity contribution in [3.8, 4) is 0 Å². The minimum absolute atomic E-state index is 0.0101. The maximum atomic E-state index is 11.5. The van der Waals surface area contributed by atoms with E-state index in [-0.39, 0.29) is 11.9 Å². The van der Waals surface area contributed by atoms with Crippen LogP contribution in [0.1, 0.15) is 32.8 Å². The molecule has 2 N–H and O–H groups in total. The molecule has 0 radical (unpaired) electrons. The molecule has 1 heterocycles. The van der Waals surface area contributed by atoms with E-state index in [1.807, 2.05) is 45.9 Å². The van der Waals surface area contributed by atoms with Crippen molar-refractivity contribution in [3.05, 3.63) is 23.8 Å². The van der Waals surface area contributed by atoms with Gasteiger partial charge < -0.3 is 20.1 Å². The van der Waals surface area contributed by atoms with Crippen molar-refractivity contribution >= 4 is 17.3 Å². The number of amides is 1. The van der Waals surface area contributed by atoms with Crippen LogP contribution in [0.2, 0.25) is 0 Å². The molecule has 1 aromatic carbocycles. The average Bonchev–Trinajstić information content (AvgIpc) is 2.44. The Morgan fingerprint density at radius 1 is 1.33 bits per heavy atom. The first-order chi connectivity index (χ1) is 9.89. The third-order valence-electron chi connectivity index (χ3n) is 3.47. The fourth-order valence-electron chi connectivity index (χ4n) is 2.10. The minimum atomic E-state index is -0.510. The molecule has 0 saturated carbocycles. The fraction of sp³-hybridized carbons (Fsp3) is 0.562. The molecule has 1 saturated heterocycles. The lowest BCUT2D eigenvalue weighted by Crippen LogP contribution is -2.45. The highest BCUT2D eigenvalue weighted by Gasteiger charge is 2.28. The van der Waals surface area contributed by atoms with Gasteiger partial charge in [-0.2, -0.15) is 0 Å². The molecule has 0 unspecified atom stereocenters. The first kappa shape index (κ1) is 15.8.